The molecule has 1 unspecified atom stereocenters. The second kappa shape index (κ2) is 6.44. The topological polar surface area (TPSA) is 49.3 Å². The van der Waals surface area contributed by atoms with Crippen LogP contribution in [0.1, 0.15) is 35.7 Å². The van der Waals surface area contributed by atoms with Gasteiger partial charge in [0, 0.05) is 12.6 Å². The fourth-order valence-electron chi connectivity index (χ4n) is 1.48. The Kier molecular flexibility index (Phi) is 5.22. The Labute approximate surface area is 105 Å². The monoisotopic (exact) mass is 257 g/mol. The lowest BCUT2D eigenvalue weighted by Gasteiger charge is -2.10. The summed E-state index contributed by atoms with van der Waals surface area (Å²) >= 11 is 0. The van der Waals surface area contributed by atoms with Crippen LogP contribution in [-0.4, -0.2) is 23.7 Å². The number of aliphatic hydroxyl groups excluding tert-OH is 1. The molecule has 0 fully saturated rings. The van der Waals surface area contributed by atoms with Gasteiger partial charge in [-0.3, -0.25) is 4.79 Å². The van der Waals surface area contributed by atoms with Crippen molar-refractivity contribution in [1.82, 2.24) is 5.32 Å². The van der Waals surface area contributed by atoms with Crippen LogP contribution in [0.2, 0.25) is 0 Å². The summed E-state index contributed by atoms with van der Waals surface area (Å²) < 4.78 is 26.4. The Bertz CT molecular complexity index is 435. The van der Waals surface area contributed by atoms with Gasteiger partial charge in [0.05, 0.1) is 11.7 Å². The molecule has 0 heterocycles. The number of halogens is 2. The molecule has 0 saturated carbocycles. The summed E-state index contributed by atoms with van der Waals surface area (Å²) in [5, 5.41) is 11.8. The van der Waals surface area contributed by atoms with Crippen LogP contribution in [0.3, 0.4) is 0 Å². The Balaban J connectivity index is 2.64. The molecule has 2 N–H and O–H groups in total. The highest BCUT2D eigenvalue weighted by molar-refractivity contribution is 5.94. The first-order chi connectivity index (χ1) is 8.45. The van der Waals surface area contributed by atoms with E-state index in [1.165, 1.54) is 13.0 Å². The SMILES string of the molecule is CCC(O)CCNC(=O)c1cc(C)c(F)cc1F. The third-order valence-electron chi connectivity index (χ3n) is 2.73. The minimum atomic E-state index is -0.883. The maximum atomic E-state index is 13.4. The second-order valence-corrected chi connectivity index (χ2v) is 4.19. The summed E-state index contributed by atoms with van der Waals surface area (Å²) in [6.07, 6.45) is 0.523. The Morgan fingerprint density at radius 1 is 1.39 bits per heavy atom. The maximum absolute atomic E-state index is 13.4. The number of carbonyl (C=O) groups is 1. The summed E-state index contributed by atoms with van der Waals surface area (Å²) in [6.45, 7) is 3.55. The van der Waals surface area contributed by atoms with E-state index in [-0.39, 0.29) is 17.7 Å². The lowest BCUT2D eigenvalue weighted by Crippen LogP contribution is -2.28. The minimum Gasteiger partial charge on any atom is -0.393 e. The molecular formula is C13H17F2NO2. The number of hydrogen-bond acceptors (Lipinski definition) is 2. The molecule has 100 valence electrons. The first kappa shape index (κ1) is 14.6. The van der Waals surface area contributed by atoms with Crippen molar-refractivity contribution in [2.24, 2.45) is 0 Å². The first-order valence-corrected chi connectivity index (χ1v) is 5.87. The summed E-state index contributed by atoms with van der Waals surface area (Å²) in [5.74, 6) is -2.16. The van der Waals surface area contributed by atoms with Gasteiger partial charge in [-0.25, -0.2) is 8.78 Å². The lowest BCUT2D eigenvalue weighted by atomic mass is 10.1. The van der Waals surface area contributed by atoms with E-state index in [0.717, 1.165) is 0 Å². The van der Waals surface area contributed by atoms with E-state index in [2.05, 4.69) is 5.32 Å². The summed E-state index contributed by atoms with van der Waals surface area (Å²) in [4.78, 5) is 11.6. The van der Waals surface area contributed by atoms with E-state index in [1.54, 1.807) is 0 Å². The van der Waals surface area contributed by atoms with E-state index in [0.29, 0.717) is 18.9 Å². The van der Waals surface area contributed by atoms with Gasteiger partial charge in [0.15, 0.2) is 0 Å². The van der Waals surface area contributed by atoms with E-state index >= 15 is 0 Å². The van der Waals surface area contributed by atoms with Crippen molar-refractivity contribution in [1.29, 1.82) is 0 Å². The number of aryl methyl sites for hydroxylation is 1. The average Bonchev–Trinajstić information content (AvgIpc) is 2.33. The molecule has 0 saturated heterocycles. The third kappa shape index (κ3) is 3.77. The number of carbonyl (C=O) groups excluding carboxylic acids is 1. The molecule has 1 rings (SSSR count). The third-order valence-corrected chi connectivity index (χ3v) is 2.73. The fourth-order valence-corrected chi connectivity index (χ4v) is 1.48. The van der Waals surface area contributed by atoms with Crippen molar-refractivity contribution in [3.63, 3.8) is 0 Å². The molecule has 0 aliphatic rings. The van der Waals surface area contributed by atoms with Crippen LogP contribution in [-0.2, 0) is 0 Å². The van der Waals surface area contributed by atoms with Crippen LogP contribution >= 0.6 is 0 Å². The van der Waals surface area contributed by atoms with E-state index < -0.39 is 23.6 Å². The Morgan fingerprint density at radius 2 is 2.06 bits per heavy atom. The molecule has 0 radical (unpaired) electrons. The van der Waals surface area contributed by atoms with Crippen LogP contribution in [0, 0.1) is 18.6 Å². The normalized spacial score (nSPS) is 12.3. The van der Waals surface area contributed by atoms with Gasteiger partial charge in [0.2, 0.25) is 0 Å². The summed E-state index contributed by atoms with van der Waals surface area (Å²) in [6, 6.07) is 1.88. The number of hydrogen-bond donors (Lipinski definition) is 2. The minimum absolute atomic E-state index is 0.181. The predicted octanol–water partition coefficient (Wildman–Crippen LogP) is 2.16. The van der Waals surface area contributed by atoms with Gasteiger partial charge in [0.25, 0.3) is 5.91 Å². The predicted molar refractivity (Wildman–Crippen MR) is 64.3 cm³/mol. The number of aliphatic hydroxyl groups is 1. The first-order valence-electron chi connectivity index (χ1n) is 5.87. The molecule has 1 aromatic carbocycles. The zero-order chi connectivity index (χ0) is 13.7. The van der Waals surface area contributed by atoms with Crippen molar-refractivity contribution in [2.45, 2.75) is 32.8 Å². The zero-order valence-corrected chi connectivity index (χ0v) is 10.5. The molecule has 3 nitrogen and oxygen atoms in total. The molecule has 0 spiro atoms. The summed E-state index contributed by atoms with van der Waals surface area (Å²) in [5.41, 5.74) is 0.0371. The van der Waals surface area contributed by atoms with Crippen LogP contribution in [0.5, 0.6) is 0 Å². The Hall–Kier alpha value is -1.49. The van der Waals surface area contributed by atoms with Crippen LogP contribution in [0.15, 0.2) is 12.1 Å². The smallest absolute Gasteiger partial charge is 0.254 e. The lowest BCUT2D eigenvalue weighted by molar-refractivity contribution is 0.0938. The molecule has 5 heteroatoms. The summed E-state index contributed by atoms with van der Waals surface area (Å²) in [7, 11) is 0. The number of nitrogens with one attached hydrogen (secondary N) is 1. The quantitative estimate of drug-likeness (QED) is 0.849. The van der Waals surface area contributed by atoms with Gasteiger partial charge >= 0.3 is 0 Å². The fraction of sp³-hybridized carbons (Fsp3) is 0.462. The van der Waals surface area contributed by atoms with Crippen molar-refractivity contribution < 1.29 is 18.7 Å². The van der Waals surface area contributed by atoms with Gasteiger partial charge in [0.1, 0.15) is 11.6 Å². The average molecular weight is 257 g/mol. The van der Waals surface area contributed by atoms with Gasteiger partial charge < -0.3 is 10.4 Å². The van der Waals surface area contributed by atoms with Gasteiger partial charge in [-0.2, -0.15) is 0 Å². The number of benzene rings is 1. The molecular weight excluding hydrogens is 240 g/mol. The molecule has 0 aliphatic heterocycles. The van der Waals surface area contributed by atoms with Crippen LogP contribution in [0.25, 0.3) is 0 Å². The van der Waals surface area contributed by atoms with Gasteiger partial charge in [-0.1, -0.05) is 6.92 Å². The number of amides is 1. The Morgan fingerprint density at radius 3 is 2.67 bits per heavy atom. The van der Waals surface area contributed by atoms with E-state index in [9.17, 15) is 18.7 Å². The van der Waals surface area contributed by atoms with Crippen molar-refractivity contribution in [3.8, 4) is 0 Å². The van der Waals surface area contributed by atoms with Crippen LogP contribution in [0.4, 0.5) is 8.78 Å². The second-order valence-electron chi connectivity index (χ2n) is 4.19. The highest BCUT2D eigenvalue weighted by atomic mass is 19.1. The standard InChI is InChI=1S/C13H17F2NO2/c1-3-9(17)4-5-16-13(18)10-6-8(2)11(14)7-12(10)15/h6-7,9,17H,3-5H2,1-2H3,(H,16,18). The zero-order valence-electron chi connectivity index (χ0n) is 10.5. The molecule has 1 aromatic rings. The molecule has 18 heavy (non-hydrogen) atoms. The maximum Gasteiger partial charge on any atom is 0.254 e. The van der Waals surface area contributed by atoms with E-state index in [1.807, 2.05) is 6.92 Å². The highest BCUT2D eigenvalue weighted by Crippen LogP contribution is 2.14. The molecule has 0 aromatic heterocycles. The molecule has 0 aliphatic carbocycles. The largest absolute Gasteiger partial charge is 0.393 e. The van der Waals surface area contributed by atoms with Crippen LogP contribution < -0.4 is 5.32 Å². The van der Waals surface area contributed by atoms with Gasteiger partial charge in [-0.05, 0) is 31.4 Å². The van der Waals surface area contributed by atoms with Crippen molar-refractivity contribution >= 4 is 5.91 Å². The van der Waals surface area contributed by atoms with Crippen molar-refractivity contribution in [2.75, 3.05) is 6.54 Å². The van der Waals surface area contributed by atoms with Gasteiger partial charge in [-0.15, -0.1) is 0 Å². The molecule has 1 amide bonds. The van der Waals surface area contributed by atoms with Crippen molar-refractivity contribution in [3.05, 3.63) is 34.9 Å². The van der Waals surface area contributed by atoms with E-state index in [4.69, 9.17) is 0 Å². The molecule has 1 atom stereocenters. The highest BCUT2D eigenvalue weighted by Gasteiger charge is 2.14. The number of rotatable bonds is 5. The molecule has 0 bridgehead atoms.